The van der Waals surface area contributed by atoms with Crippen LogP contribution >= 0.6 is 11.6 Å². The van der Waals surface area contributed by atoms with E-state index in [1.807, 2.05) is 26.0 Å². The normalized spacial score (nSPS) is 11.0. The number of halogens is 1. The van der Waals surface area contributed by atoms with Crippen molar-refractivity contribution in [2.45, 2.75) is 19.3 Å². The molecule has 0 bridgehead atoms. The van der Waals surface area contributed by atoms with Crippen LogP contribution in [0.4, 0.5) is 5.69 Å². The van der Waals surface area contributed by atoms with E-state index >= 15 is 0 Å². The zero-order valence-corrected chi connectivity index (χ0v) is 12.9. The molecule has 0 atom stereocenters. The molecule has 0 unspecified atom stereocenters. The van der Waals surface area contributed by atoms with Gasteiger partial charge in [0, 0.05) is 11.1 Å². The molecule has 1 heterocycles. The van der Waals surface area contributed by atoms with Crippen molar-refractivity contribution in [3.63, 3.8) is 0 Å². The van der Waals surface area contributed by atoms with E-state index in [1.54, 1.807) is 37.6 Å². The quantitative estimate of drug-likeness (QED) is 0.938. The molecule has 4 nitrogen and oxygen atoms in total. The van der Waals surface area contributed by atoms with Gasteiger partial charge in [0.2, 0.25) is 11.8 Å². The Balaban J connectivity index is 2.15. The molecule has 1 aromatic carbocycles. The predicted octanol–water partition coefficient (Wildman–Crippen LogP) is 3.66. The van der Waals surface area contributed by atoms with E-state index in [2.05, 4.69) is 10.3 Å². The van der Waals surface area contributed by atoms with Gasteiger partial charge in [-0.1, -0.05) is 23.7 Å². The fourth-order valence-electron chi connectivity index (χ4n) is 1.86. The van der Waals surface area contributed by atoms with E-state index in [0.717, 1.165) is 5.56 Å². The van der Waals surface area contributed by atoms with Gasteiger partial charge in [-0.25, -0.2) is 4.98 Å². The number of rotatable bonds is 4. The molecule has 0 aliphatic heterocycles. The van der Waals surface area contributed by atoms with Gasteiger partial charge in [0.15, 0.2) is 0 Å². The average molecular weight is 305 g/mol. The first-order valence-electron chi connectivity index (χ1n) is 6.51. The number of ether oxygens (including phenoxy) is 1. The van der Waals surface area contributed by atoms with E-state index in [4.69, 9.17) is 16.3 Å². The van der Waals surface area contributed by atoms with Crippen LogP contribution < -0.4 is 10.1 Å². The molecule has 0 saturated carbocycles. The molecule has 0 radical (unpaired) electrons. The molecular weight excluding hydrogens is 288 g/mol. The van der Waals surface area contributed by atoms with Gasteiger partial charge in [0.1, 0.15) is 0 Å². The highest BCUT2D eigenvalue weighted by Crippen LogP contribution is 2.26. The number of hydrogen-bond acceptors (Lipinski definition) is 3. The molecule has 2 rings (SSSR count). The van der Waals surface area contributed by atoms with Crippen LogP contribution in [0.1, 0.15) is 19.4 Å². The molecule has 5 heteroatoms. The lowest BCUT2D eigenvalue weighted by Gasteiger charge is -2.24. The third kappa shape index (κ3) is 3.52. The summed E-state index contributed by atoms with van der Waals surface area (Å²) in [6.45, 7) is 3.73. The van der Waals surface area contributed by atoms with Crippen LogP contribution in [0.15, 0.2) is 42.6 Å². The summed E-state index contributed by atoms with van der Waals surface area (Å²) < 4.78 is 4.99. The van der Waals surface area contributed by atoms with Gasteiger partial charge in [-0.05, 0) is 37.6 Å². The van der Waals surface area contributed by atoms with Gasteiger partial charge >= 0.3 is 0 Å². The van der Waals surface area contributed by atoms with Crippen LogP contribution in [0.3, 0.4) is 0 Å². The van der Waals surface area contributed by atoms with Crippen molar-refractivity contribution in [1.29, 1.82) is 0 Å². The smallest absolute Gasteiger partial charge is 0.234 e. The van der Waals surface area contributed by atoms with Crippen LogP contribution in [0.5, 0.6) is 5.88 Å². The number of hydrogen-bond donors (Lipinski definition) is 1. The molecular formula is C16H17ClN2O2. The Hall–Kier alpha value is -2.07. The molecule has 0 spiro atoms. The highest BCUT2D eigenvalue weighted by Gasteiger charge is 2.29. The summed E-state index contributed by atoms with van der Waals surface area (Å²) in [5, 5.41) is 3.50. The van der Waals surface area contributed by atoms with Gasteiger partial charge < -0.3 is 10.1 Å². The number of carbonyl (C=O) groups excluding carboxylic acids is 1. The van der Waals surface area contributed by atoms with Gasteiger partial charge in [-0.2, -0.15) is 0 Å². The monoisotopic (exact) mass is 304 g/mol. The summed E-state index contributed by atoms with van der Waals surface area (Å²) in [5.41, 5.74) is 0.846. The van der Waals surface area contributed by atoms with E-state index < -0.39 is 5.41 Å². The maximum Gasteiger partial charge on any atom is 0.234 e. The number of nitrogens with one attached hydrogen (secondary N) is 1. The Labute approximate surface area is 129 Å². The fourth-order valence-corrected chi connectivity index (χ4v) is 1.99. The Bertz CT molecular complexity index is 622. The summed E-state index contributed by atoms with van der Waals surface area (Å²) in [4.78, 5) is 16.5. The molecule has 0 aliphatic rings. The maximum absolute atomic E-state index is 12.5. The average Bonchev–Trinajstić information content (AvgIpc) is 2.48. The standard InChI is InChI=1S/C16H17ClN2O2/c1-16(2,11-4-6-12(17)7-5-11)15(20)19-13-8-9-14(21-3)18-10-13/h4-10H,1-3H3,(H,19,20). The third-order valence-electron chi connectivity index (χ3n) is 3.34. The van der Waals surface area contributed by atoms with Crippen LogP contribution in [0.2, 0.25) is 5.02 Å². The zero-order chi connectivity index (χ0) is 15.5. The minimum atomic E-state index is -0.676. The van der Waals surface area contributed by atoms with Gasteiger partial charge in [-0.3, -0.25) is 4.79 Å². The lowest BCUT2D eigenvalue weighted by Crippen LogP contribution is -2.34. The van der Waals surface area contributed by atoms with Crippen molar-refractivity contribution >= 4 is 23.2 Å². The number of carbonyl (C=O) groups is 1. The highest BCUT2D eigenvalue weighted by atomic mass is 35.5. The van der Waals surface area contributed by atoms with Crippen LogP contribution in [-0.4, -0.2) is 18.0 Å². The molecule has 1 amide bonds. The van der Waals surface area contributed by atoms with E-state index in [-0.39, 0.29) is 5.91 Å². The second-order valence-electron chi connectivity index (χ2n) is 5.18. The van der Waals surface area contributed by atoms with Crippen molar-refractivity contribution in [1.82, 2.24) is 4.98 Å². The minimum Gasteiger partial charge on any atom is -0.481 e. The first-order valence-corrected chi connectivity index (χ1v) is 6.89. The topological polar surface area (TPSA) is 51.2 Å². The molecule has 21 heavy (non-hydrogen) atoms. The van der Waals surface area contributed by atoms with Gasteiger partial charge in [0.05, 0.1) is 24.4 Å². The molecule has 1 aromatic heterocycles. The van der Waals surface area contributed by atoms with Crippen LogP contribution in [-0.2, 0) is 10.2 Å². The predicted molar refractivity (Wildman–Crippen MR) is 83.9 cm³/mol. The molecule has 2 aromatic rings. The Morgan fingerprint density at radius 3 is 2.38 bits per heavy atom. The molecule has 0 saturated heterocycles. The second kappa shape index (κ2) is 6.14. The highest BCUT2D eigenvalue weighted by molar-refractivity contribution is 6.30. The maximum atomic E-state index is 12.5. The number of aromatic nitrogens is 1. The SMILES string of the molecule is COc1ccc(NC(=O)C(C)(C)c2ccc(Cl)cc2)cn1. The Kier molecular flexibility index (Phi) is 4.48. The number of benzene rings is 1. The zero-order valence-electron chi connectivity index (χ0n) is 12.2. The molecule has 0 aliphatic carbocycles. The number of methoxy groups -OCH3 is 1. The second-order valence-corrected chi connectivity index (χ2v) is 5.61. The van der Waals surface area contributed by atoms with E-state index in [9.17, 15) is 4.79 Å². The van der Waals surface area contributed by atoms with Crippen molar-refractivity contribution in [3.8, 4) is 5.88 Å². The summed E-state index contributed by atoms with van der Waals surface area (Å²) >= 11 is 5.88. The van der Waals surface area contributed by atoms with Crippen LogP contribution in [0.25, 0.3) is 0 Å². The van der Waals surface area contributed by atoms with E-state index in [0.29, 0.717) is 16.6 Å². The number of nitrogens with zero attached hydrogens (tertiary/aromatic N) is 1. The lowest BCUT2D eigenvalue weighted by molar-refractivity contribution is -0.120. The van der Waals surface area contributed by atoms with E-state index in [1.165, 1.54) is 0 Å². The minimum absolute atomic E-state index is 0.114. The summed E-state index contributed by atoms with van der Waals surface area (Å²) in [6, 6.07) is 10.7. The van der Waals surface area contributed by atoms with Crippen molar-refractivity contribution in [2.75, 3.05) is 12.4 Å². The summed E-state index contributed by atoms with van der Waals surface area (Å²) in [7, 11) is 1.55. The van der Waals surface area contributed by atoms with Crippen molar-refractivity contribution < 1.29 is 9.53 Å². The van der Waals surface area contributed by atoms with Gasteiger partial charge in [0.25, 0.3) is 0 Å². The first-order chi connectivity index (χ1) is 9.93. The van der Waals surface area contributed by atoms with Crippen molar-refractivity contribution in [2.24, 2.45) is 0 Å². The van der Waals surface area contributed by atoms with Crippen molar-refractivity contribution in [3.05, 3.63) is 53.2 Å². The summed E-state index contributed by atoms with van der Waals surface area (Å²) in [6.07, 6.45) is 1.56. The molecule has 110 valence electrons. The fraction of sp³-hybridized carbons (Fsp3) is 0.250. The Morgan fingerprint density at radius 2 is 1.86 bits per heavy atom. The van der Waals surface area contributed by atoms with Crippen LogP contribution in [0, 0.1) is 0 Å². The summed E-state index contributed by atoms with van der Waals surface area (Å²) in [5.74, 6) is 0.391. The Morgan fingerprint density at radius 1 is 1.19 bits per heavy atom. The third-order valence-corrected chi connectivity index (χ3v) is 3.59. The molecule has 1 N–H and O–H groups in total. The molecule has 0 fully saturated rings. The number of amides is 1. The number of pyridine rings is 1. The van der Waals surface area contributed by atoms with Gasteiger partial charge in [-0.15, -0.1) is 0 Å². The first kappa shape index (κ1) is 15.3. The lowest BCUT2D eigenvalue weighted by atomic mass is 9.83. The largest absolute Gasteiger partial charge is 0.481 e. The number of anilines is 1.